The van der Waals surface area contributed by atoms with Crippen LogP contribution in [0.5, 0.6) is 5.75 Å². The molecule has 0 aliphatic rings. The number of nitrogens with zero attached hydrogens (tertiary/aromatic N) is 2. The molecule has 1 N–H and O–H groups in total. The number of aryl methyl sites for hydroxylation is 1. The first kappa shape index (κ1) is 17.3. The van der Waals surface area contributed by atoms with Gasteiger partial charge in [-0.05, 0) is 42.5 Å². The Morgan fingerprint density at radius 1 is 1.20 bits per heavy atom. The molecular weight excluding hydrogens is 403 g/mol. The Kier molecular flexibility index (Phi) is 4.42. The minimum Gasteiger partial charge on any atom is -0.406 e. The Balaban J connectivity index is 1.81. The van der Waals surface area contributed by atoms with Crippen LogP contribution in [0, 0.1) is 0 Å². The van der Waals surface area contributed by atoms with Gasteiger partial charge in [-0.1, -0.05) is 15.9 Å². The van der Waals surface area contributed by atoms with Gasteiger partial charge < -0.3 is 10.1 Å². The second-order valence-electron chi connectivity index (χ2n) is 5.16. The molecule has 0 saturated heterocycles. The molecule has 0 fully saturated rings. The van der Waals surface area contributed by atoms with Gasteiger partial charge in [0.2, 0.25) is 0 Å². The minimum atomic E-state index is -4.77. The van der Waals surface area contributed by atoms with Crippen LogP contribution in [0.1, 0.15) is 10.4 Å². The number of carbonyl (C=O) groups excluding carboxylic acids is 1. The number of hydrogen-bond acceptors (Lipinski definition) is 3. The van der Waals surface area contributed by atoms with Crippen molar-refractivity contribution in [1.82, 2.24) is 9.78 Å². The lowest BCUT2D eigenvalue weighted by atomic mass is 10.2. The summed E-state index contributed by atoms with van der Waals surface area (Å²) in [5, 5.41) is 7.66. The third kappa shape index (κ3) is 3.93. The van der Waals surface area contributed by atoms with E-state index in [1.165, 1.54) is 12.1 Å². The van der Waals surface area contributed by atoms with Crippen molar-refractivity contribution in [2.75, 3.05) is 5.32 Å². The van der Waals surface area contributed by atoms with E-state index < -0.39 is 18.0 Å². The second kappa shape index (κ2) is 6.40. The number of hydrogen-bond donors (Lipinski definition) is 1. The molecule has 0 bridgehead atoms. The maximum absolute atomic E-state index is 12.3. The van der Waals surface area contributed by atoms with Crippen molar-refractivity contribution in [3.05, 3.63) is 52.5 Å². The highest BCUT2D eigenvalue weighted by Crippen LogP contribution is 2.26. The molecule has 1 aromatic heterocycles. The first-order valence-corrected chi connectivity index (χ1v) is 7.82. The van der Waals surface area contributed by atoms with E-state index in [1.807, 2.05) is 18.2 Å². The van der Waals surface area contributed by atoms with E-state index in [0.717, 1.165) is 27.5 Å². The molecule has 1 heterocycles. The lowest BCUT2D eigenvalue weighted by Gasteiger charge is -2.09. The molecule has 9 heteroatoms. The number of carbonyl (C=O) groups is 1. The molecule has 0 spiro atoms. The van der Waals surface area contributed by atoms with Crippen LogP contribution in [0.25, 0.3) is 10.9 Å². The SMILES string of the molecule is Cn1nc(NC(=O)c2ccc(OC(F)(F)F)cc2)c2ccc(Br)cc21. The molecule has 3 rings (SSSR count). The van der Waals surface area contributed by atoms with Gasteiger partial charge in [-0.15, -0.1) is 13.2 Å². The number of anilines is 1. The number of alkyl halides is 3. The lowest BCUT2D eigenvalue weighted by molar-refractivity contribution is -0.274. The fraction of sp³-hybridized carbons (Fsp3) is 0.125. The maximum atomic E-state index is 12.3. The highest BCUT2D eigenvalue weighted by Gasteiger charge is 2.31. The van der Waals surface area contributed by atoms with Crippen LogP contribution < -0.4 is 10.1 Å². The smallest absolute Gasteiger partial charge is 0.406 e. The Morgan fingerprint density at radius 3 is 2.52 bits per heavy atom. The molecule has 0 radical (unpaired) electrons. The van der Waals surface area contributed by atoms with Crippen molar-refractivity contribution in [3.63, 3.8) is 0 Å². The molecule has 25 heavy (non-hydrogen) atoms. The molecule has 0 aliphatic carbocycles. The van der Waals surface area contributed by atoms with Crippen LogP contribution in [0.3, 0.4) is 0 Å². The number of fused-ring (bicyclic) bond motifs is 1. The summed E-state index contributed by atoms with van der Waals surface area (Å²) in [5.41, 5.74) is 1.00. The Bertz CT molecular complexity index is 936. The first-order valence-electron chi connectivity index (χ1n) is 7.02. The molecular formula is C16H11BrF3N3O2. The summed E-state index contributed by atoms with van der Waals surface area (Å²) in [6.07, 6.45) is -4.77. The van der Waals surface area contributed by atoms with Crippen LogP contribution in [0.4, 0.5) is 19.0 Å². The normalized spacial score (nSPS) is 11.6. The topological polar surface area (TPSA) is 56.2 Å². The van der Waals surface area contributed by atoms with Gasteiger partial charge in [0.1, 0.15) is 5.75 Å². The van der Waals surface area contributed by atoms with E-state index in [9.17, 15) is 18.0 Å². The number of halogens is 4. The molecule has 0 saturated carbocycles. The molecule has 1 amide bonds. The van der Waals surface area contributed by atoms with E-state index in [-0.39, 0.29) is 5.56 Å². The third-order valence-corrected chi connectivity index (χ3v) is 3.89. The Morgan fingerprint density at radius 2 is 1.88 bits per heavy atom. The van der Waals surface area contributed by atoms with Crippen LogP contribution in [0.2, 0.25) is 0 Å². The standard InChI is InChI=1S/C16H11BrF3N3O2/c1-23-13-8-10(17)4-7-12(13)14(22-23)21-15(24)9-2-5-11(6-3-9)25-16(18,19)20/h2-8H,1H3,(H,21,22,24). The number of ether oxygens (including phenoxy) is 1. The van der Waals surface area contributed by atoms with Gasteiger partial charge in [0.05, 0.1) is 5.52 Å². The van der Waals surface area contributed by atoms with Gasteiger partial charge in [-0.25, -0.2) is 0 Å². The number of benzene rings is 2. The summed E-state index contributed by atoms with van der Waals surface area (Å²) in [5.74, 6) is -0.510. The summed E-state index contributed by atoms with van der Waals surface area (Å²) in [7, 11) is 1.74. The average molecular weight is 414 g/mol. The number of aromatic nitrogens is 2. The Labute approximate surface area is 148 Å². The van der Waals surface area contributed by atoms with Crippen LogP contribution in [-0.2, 0) is 7.05 Å². The third-order valence-electron chi connectivity index (χ3n) is 3.40. The molecule has 5 nitrogen and oxygen atoms in total. The monoisotopic (exact) mass is 413 g/mol. The minimum absolute atomic E-state index is 0.186. The van der Waals surface area contributed by atoms with Gasteiger partial charge >= 0.3 is 6.36 Å². The largest absolute Gasteiger partial charge is 0.573 e. The molecule has 0 atom stereocenters. The van der Waals surface area contributed by atoms with E-state index in [4.69, 9.17) is 0 Å². The summed E-state index contributed by atoms with van der Waals surface area (Å²) in [6, 6.07) is 10.1. The molecule has 130 valence electrons. The summed E-state index contributed by atoms with van der Waals surface area (Å²) < 4.78 is 42.7. The van der Waals surface area contributed by atoms with Crippen LogP contribution in [0.15, 0.2) is 46.9 Å². The first-order chi connectivity index (χ1) is 11.7. The van der Waals surface area contributed by atoms with Crippen molar-refractivity contribution in [3.8, 4) is 5.75 Å². The van der Waals surface area contributed by atoms with Crippen LogP contribution >= 0.6 is 15.9 Å². The average Bonchev–Trinajstić information content (AvgIpc) is 2.82. The number of amides is 1. The van der Waals surface area contributed by atoms with E-state index in [1.54, 1.807) is 11.7 Å². The summed E-state index contributed by atoms with van der Waals surface area (Å²) in [4.78, 5) is 12.3. The van der Waals surface area contributed by atoms with Crippen molar-refractivity contribution in [1.29, 1.82) is 0 Å². The summed E-state index contributed by atoms with van der Waals surface area (Å²) >= 11 is 3.37. The molecule has 2 aromatic carbocycles. The number of nitrogens with one attached hydrogen (secondary N) is 1. The van der Waals surface area contributed by atoms with Gasteiger partial charge in [0, 0.05) is 22.5 Å². The molecule has 3 aromatic rings. The van der Waals surface area contributed by atoms with Crippen molar-refractivity contribution in [2.24, 2.45) is 7.05 Å². The predicted molar refractivity (Wildman–Crippen MR) is 89.5 cm³/mol. The van der Waals surface area contributed by atoms with Gasteiger partial charge in [-0.2, -0.15) is 5.10 Å². The van der Waals surface area contributed by atoms with Gasteiger partial charge in [0.15, 0.2) is 5.82 Å². The zero-order valence-corrected chi connectivity index (χ0v) is 14.4. The zero-order chi connectivity index (χ0) is 18.2. The lowest BCUT2D eigenvalue weighted by Crippen LogP contribution is -2.17. The summed E-state index contributed by atoms with van der Waals surface area (Å²) in [6.45, 7) is 0. The second-order valence-corrected chi connectivity index (χ2v) is 6.08. The Hall–Kier alpha value is -2.55. The molecule has 0 aliphatic heterocycles. The fourth-order valence-corrected chi connectivity index (χ4v) is 2.66. The molecule has 0 unspecified atom stereocenters. The highest BCUT2D eigenvalue weighted by molar-refractivity contribution is 9.10. The van der Waals surface area contributed by atoms with Crippen LogP contribution in [-0.4, -0.2) is 22.1 Å². The highest BCUT2D eigenvalue weighted by atomic mass is 79.9. The van der Waals surface area contributed by atoms with E-state index in [2.05, 4.69) is 31.1 Å². The van der Waals surface area contributed by atoms with Crippen molar-refractivity contribution in [2.45, 2.75) is 6.36 Å². The van der Waals surface area contributed by atoms with Gasteiger partial charge in [-0.3, -0.25) is 9.48 Å². The zero-order valence-electron chi connectivity index (χ0n) is 12.8. The van der Waals surface area contributed by atoms with E-state index in [0.29, 0.717) is 5.82 Å². The van der Waals surface area contributed by atoms with Crippen molar-refractivity contribution < 1.29 is 22.7 Å². The number of rotatable bonds is 3. The predicted octanol–water partition coefficient (Wildman–Crippen LogP) is 4.49. The maximum Gasteiger partial charge on any atom is 0.573 e. The van der Waals surface area contributed by atoms with E-state index >= 15 is 0 Å². The quantitative estimate of drug-likeness (QED) is 0.688. The fourth-order valence-electron chi connectivity index (χ4n) is 2.31. The van der Waals surface area contributed by atoms with Gasteiger partial charge in [0.25, 0.3) is 5.91 Å². The van der Waals surface area contributed by atoms with Crippen molar-refractivity contribution >= 4 is 38.6 Å².